The Balaban J connectivity index is 1.36. The summed E-state index contributed by atoms with van der Waals surface area (Å²) >= 11 is 0. The van der Waals surface area contributed by atoms with Crippen LogP contribution in [0.25, 0.3) is 0 Å². The number of hydrogen-bond acceptors (Lipinski definition) is 8. The Bertz CT molecular complexity index is 1550. The van der Waals surface area contributed by atoms with Gasteiger partial charge in [0.1, 0.15) is 23.0 Å². The van der Waals surface area contributed by atoms with E-state index in [1.807, 2.05) is 30.0 Å². The molecule has 11 nitrogen and oxygen atoms in total. The lowest BCUT2D eigenvalue weighted by molar-refractivity contribution is -0.132. The quantitative estimate of drug-likeness (QED) is 0.236. The van der Waals surface area contributed by atoms with Crippen molar-refractivity contribution in [1.82, 2.24) is 9.80 Å². The average Bonchev–Trinajstić information content (AvgIpc) is 3.09. The van der Waals surface area contributed by atoms with Crippen LogP contribution >= 0.6 is 0 Å². The van der Waals surface area contributed by atoms with E-state index in [-0.39, 0.29) is 11.8 Å². The van der Waals surface area contributed by atoms with Gasteiger partial charge in [-0.2, -0.15) is 0 Å². The zero-order valence-electron chi connectivity index (χ0n) is 28.3. The second-order valence-corrected chi connectivity index (χ2v) is 11.6. The van der Waals surface area contributed by atoms with E-state index in [1.54, 1.807) is 48.3 Å². The molecule has 1 N–H and O–H groups in total. The number of benzene rings is 3. The minimum Gasteiger partial charge on any atom is -0.497 e. The lowest BCUT2D eigenvalue weighted by Gasteiger charge is -2.32. The minimum atomic E-state index is -0.401. The molecule has 3 amide bonds. The van der Waals surface area contributed by atoms with E-state index in [0.717, 1.165) is 51.0 Å². The Kier molecular flexibility index (Phi) is 12.5. The van der Waals surface area contributed by atoms with Crippen molar-refractivity contribution in [3.8, 4) is 23.0 Å². The van der Waals surface area contributed by atoms with Crippen molar-refractivity contribution in [1.29, 1.82) is 0 Å². The van der Waals surface area contributed by atoms with Gasteiger partial charge < -0.3 is 39.0 Å². The fourth-order valence-electron chi connectivity index (χ4n) is 5.37. The van der Waals surface area contributed by atoms with Crippen molar-refractivity contribution in [3.63, 3.8) is 0 Å². The lowest BCUT2D eigenvalue weighted by atomic mass is 10.1. The number of carbonyl (C=O) groups excluding carboxylic acids is 3. The summed E-state index contributed by atoms with van der Waals surface area (Å²) in [5, 5.41) is 2.84. The van der Waals surface area contributed by atoms with E-state index in [2.05, 4.69) is 17.3 Å². The number of likely N-dealkylation sites (N-methyl/N-ethyl adjacent to an activating group) is 1. The number of rotatable bonds is 14. The highest BCUT2D eigenvalue weighted by molar-refractivity contribution is 6.09. The van der Waals surface area contributed by atoms with Crippen molar-refractivity contribution in [2.45, 2.75) is 32.6 Å². The van der Waals surface area contributed by atoms with Crippen LogP contribution in [0.5, 0.6) is 23.0 Å². The van der Waals surface area contributed by atoms with Crippen LogP contribution in [0.15, 0.2) is 54.6 Å². The molecule has 0 bridgehead atoms. The van der Waals surface area contributed by atoms with Gasteiger partial charge in [0.25, 0.3) is 11.8 Å². The number of carbonyl (C=O) groups is 3. The Morgan fingerprint density at radius 3 is 2.26 bits per heavy atom. The molecular weight excluding hydrogens is 600 g/mol. The first-order chi connectivity index (χ1) is 22.6. The van der Waals surface area contributed by atoms with Gasteiger partial charge in [-0.1, -0.05) is 6.07 Å². The highest BCUT2D eigenvalue weighted by Gasteiger charge is 2.22. The molecule has 3 aromatic rings. The van der Waals surface area contributed by atoms with Crippen LogP contribution in [0.4, 0.5) is 11.4 Å². The van der Waals surface area contributed by atoms with Gasteiger partial charge in [-0.25, -0.2) is 0 Å². The molecule has 0 aromatic heterocycles. The summed E-state index contributed by atoms with van der Waals surface area (Å²) in [6.45, 7) is 5.90. The molecule has 3 aromatic carbocycles. The monoisotopic (exact) mass is 646 g/mol. The van der Waals surface area contributed by atoms with E-state index in [0.29, 0.717) is 58.5 Å². The third kappa shape index (κ3) is 9.16. The van der Waals surface area contributed by atoms with E-state index < -0.39 is 5.91 Å². The highest BCUT2D eigenvalue weighted by Crippen LogP contribution is 2.33. The van der Waals surface area contributed by atoms with Crippen molar-refractivity contribution in [3.05, 3.63) is 71.3 Å². The zero-order valence-corrected chi connectivity index (χ0v) is 28.3. The molecule has 1 fully saturated rings. The minimum absolute atomic E-state index is 0.227. The van der Waals surface area contributed by atoms with Crippen LogP contribution in [0.2, 0.25) is 0 Å². The second kappa shape index (κ2) is 16.7. The maximum Gasteiger partial charge on any atom is 0.259 e. The highest BCUT2D eigenvalue weighted by atomic mass is 16.5. The van der Waals surface area contributed by atoms with Gasteiger partial charge in [-0.15, -0.1) is 0 Å². The fourth-order valence-corrected chi connectivity index (χ4v) is 5.37. The first-order valence-corrected chi connectivity index (χ1v) is 15.8. The maximum absolute atomic E-state index is 13.6. The predicted molar refractivity (Wildman–Crippen MR) is 182 cm³/mol. The van der Waals surface area contributed by atoms with Crippen LogP contribution in [-0.4, -0.2) is 95.7 Å². The largest absolute Gasteiger partial charge is 0.497 e. The van der Waals surface area contributed by atoms with Crippen LogP contribution in [0.1, 0.15) is 52.0 Å². The number of piperazine rings is 1. The molecule has 1 aliphatic heterocycles. The van der Waals surface area contributed by atoms with E-state index in [4.69, 9.17) is 18.9 Å². The Labute approximate surface area is 277 Å². The van der Waals surface area contributed by atoms with Crippen molar-refractivity contribution in [2.24, 2.45) is 0 Å². The number of nitrogens with one attached hydrogen (secondary N) is 1. The van der Waals surface area contributed by atoms with Crippen molar-refractivity contribution < 1.29 is 33.3 Å². The molecule has 0 saturated carbocycles. The van der Waals surface area contributed by atoms with E-state index in [1.165, 1.54) is 21.3 Å². The molecule has 0 spiro atoms. The second-order valence-electron chi connectivity index (χ2n) is 11.6. The summed E-state index contributed by atoms with van der Waals surface area (Å²) < 4.78 is 22.3. The van der Waals surface area contributed by atoms with E-state index >= 15 is 0 Å². The molecule has 0 unspecified atom stereocenters. The molecule has 0 atom stereocenters. The molecule has 1 saturated heterocycles. The average molecular weight is 647 g/mol. The smallest absolute Gasteiger partial charge is 0.259 e. The SMILES string of the molecule is COc1ccc(C(=O)Nc2ccc(C(=O)N(C)c3ccc(C)cc3OCCCCCC(=O)N3CCN(C)CC3)cc2OC)c(OC)c1. The molecule has 47 heavy (non-hydrogen) atoms. The van der Waals surface area contributed by atoms with E-state index in [9.17, 15) is 14.4 Å². The molecule has 252 valence electrons. The van der Waals surface area contributed by atoms with Crippen LogP contribution < -0.4 is 29.2 Å². The predicted octanol–water partition coefficient (Wildman–Crippen LogP) is 5.26. The maximum atomic E-state index is 13.6. The zero-order chi connectivity index (χ0) is 33.9. The molecule has 0 radical (unpaired) electrons. The Hall–Kier alpha value is -4.77. The number of aryl methyl sites for hydroxylation is 1. The standard InChI is InChI=1S/C36H46N4O7/c1-25-11-16-30(33(22-25)47-21-9-7-8-10-34(41)40-19-17-38(2)18-20-40)39(3)36(43)26-12-15-29(32(23-26)46-6)37-35(42)28-14-13-27(44-4)24-31(28)45-5/h11-16,22-24H,7-10,17-21H2,1-6H3,(H,37,42). The molecule has 11 heteroatoms. The van der Waals surface area contributed by atoms with Crippen LogP contribution in [-0.2, 0) is 4.79 Å². The van der Waals surface area contributed by atoms with Gasteiger partial charge >= 0.3 is 0 Å². The van der Waals surface area contributed by atoms with Crippen LogP contribution in [0.3, 0.4) is 0 Å². The molecule has 1 aliphatic rings. The summed E-state index contributed by atoms with van der Waals surface area (Å²) in [7, 11) is 8.27. The summed E-state index contributed by atoms with van der Waals surface area (Å²) in [5.74, 6) is 1.42. The fraction of sp³-hybridized carbons (Fsp3) is 0.417. The van der Waals surface area contributed by atoms with Gasteiger partial charge in [0, 0.05) is 51.3 Å². The number of unbranched alkanes of at least 4 members (excludes halogenated alkanes) is 2. The van der Waals surface area contributed by atoms with Gasteiger partial charge in [0.2, 0.25) is 5.91 Å². The number of anilines is 2. The van der Waals surface area contributed by atoms with Gasteiger partial charge in [-0.05, 0) is 81.3 Å². The lowest BCUT2D eigenvalue weighted by Crippen LogP contribution is -2.47. The summed E-state index contributed by atoms with van der Waals surface area (Å²) in [4.78, 5) is 45.0. The van der Waals surface area contributed by atoms with Crippen molar-refractivity contribution in [2.75, 3.05) is 78.4 Å². The number of ether oxygens (including phenoxy) is 4. The molecule has 4 rings (SSSR count). The Morgan fingerprint density at radius 2 is 1.55 bits per heavy atom. The number of methoxy groups -OCH3 is 3. The molecule has 0 aliphatic carbocycles. The van der Waals surface area contributed by atoms with Crippen LogP contribution in [0, 0.1) is 6.92 Å². The topological polar surface area (TPSA) is 110 Å². The first kappa shape index (κ1) is 35.1. The number of amides is 3. The normalized spacial score (nSPS) is 13.1. The van der Waals surface area contributed by atoms with Gasteiger partial charge in [0.05, 0.1) is 44.9 Å². The molecular formula is C36H46N4O7. The number of nitrogens with zero attached hydrogens (tertiary/aromatic N) is 3. The van der Waals surface area contributed by atoms with Crippen molar-refractivity contribution >= 4 is 29.1 Å². The third-order valence-corrected chi connectivity index (χ3v) is 8.28. The third-order valence-electron chi connectivity index (χ3n) is 8.28. The molecule has 1 heterocycles. The number of hydrogen-bond donors (Lipinski definition) is 1. The summed E-state index contributed by atoms with van der Waals surface area (Å²) in [6.07, 6.45) is 3.05. The van der Waals surface area contributed by atoms with Gasteiger partial charge in [0.15, 0.2) is 0 Å². The Morgan fingerprint density at radius 1 is 0.809 bits per heavy atom. The first-order valence-electron chi connectivity index (χ1n) is 15.8. The van der Waals surface area contributed by atoms with Gasteiger partial charge in [-0.3, -0.25) is 14.4 Å². The summed E-state index contributed by atoms with van der Waals surface area (Å²) in [6, 6.07) is 15.5. The summed E-state index contributed by atoms with van der Waals surface area (Å²) in [5.41, 5.74) is 2.74.